The van der Waals surface area contributed by atoms with E-state index in [2.05, 4.69) is 64.1 Å². The van der Waals surface area contributed by atoms with Crippen molar-refractivity contribution in [3.8, 4) is 0 Å². The second-order valence-electron chi connectivity index (χ2n) is 11.5. The van der Waals surface area contributed by atoms with Gasteiger partial charge in [0.1, 0.15) is 0 Å². The monoisotopic (exact) mass is 537 g/mol. The van der Waals surface area contributed by atoms with Crippen LogP contribution in [0.15, 0.2) is 72.8 Å². The Labute approximate surface area is 229 Å². The van der Waals surface area contributed by atoms with Crippen LogP contribution in [0, 0.1) is 11.8 Å². The van der Waals surface area contributed by atoms with Gasteiger partial charge in [-0.05, 0) is 69.0 Å². The molecule has 4 nitrogen and oxygen atoms in total. The molecule has 6 rings (SSSR count). The Morgan fingerprint density at radius 3 is 2.59 bits per heavy atom. The fourth-order valence-electron chi connectivity index (χ4n) is 6.88. The van der Waals surface area contributed by atoms with Crippen LogP contribution in [-0.4, -0.2) is 43.2 Å². The van der Waals surface area contributed by atoms with Crippen LogP contribution in [0.2, 0.25) is 0 Å². The molecule has 0 amide bonds. The molecule has 2 aromatic carbocycles. The molecule has 0 spiro atoms. The molecular formula is C32H38F3N3O. The normalized spacial score (nSPS) is 29.5. The van der Waals surface area contributed by atoms with E-state index in [1.54, 1.807) is 6.07 Å². The number of nitrogens with one attached hydrogen (secondary N) is 2. The van der Waals surface area contributed by atoms with Gasteiger partial charge in [0.2, 0.25) is 0 Å². The Bertz CT molecular complexity index is 1170. The highest BCUT2D eigenvalue weighted by atomic mass is 19.4. The van der Waals surface area contributed by atoms with Gasteiger partial charge in [-0.15, -0.1) is 0 Å². The van der Waals surface area contributed by atoms with Crippen molar-refractivity contribution < 1.29 is 17.9 Å². The number of likely N-dealkylation sites (tertiary alicyclic amines) is 1. The number of fused-ring (bicyclic) bond motifs is 3. The van der Waals surface area contributed by atoms with E-state index in [4.69, 9.17) is 4.74 Å². The molecule has 0 aromatic heterocycles. The Morgan fingerprint density at radius 1 is 1.03 bits per heavy atom. The molecule has 0 saturated carbocycles. The van der Waals surface area contributed by atoms with Crippen LogP contribution in [0.25, 0.3) is 0 Å². The Morgan fingerprint density at radius 2 is 1.85 bits per heavy atom. The zero-order valence-corrected chi connectivity index (χ0v) is 22.2. The molecule has 3 aliphatic heterocycles. The van der Waals surface area contributed by atoms with Gasteiger partial charge in [-0.3, -0.25) is 0 Å². The number of alkyl halides is 3. The van der Waals surface area contributed by atoms with Crippen molar-refractivity contribution >= 4 is 5.69 Å². The molecule has 39 heavy (non-hydrogen) atoms. The van der Waals surface area contributed by atoms with Crippen molar-refractivity contribution in [1.82, 2.24) is 10.2 Å². The van der Waals surface area contributed by atoms with E-state index in [0.29, 0.717) is 18.0 Å². The standard InChI is InChI=1S/C32H38F3N3O/c33-32(34,35)24-13-16-28-27(19-24)31-26(30(37-28)23-11-5-2-6-12-23)15-14-25(39-31)20-36-29(21-38-17-7-8-18-38)22-9-3-1-4-10-22/h1-6,9-11,13,16,19,23,25-26,29-31,36-37H,7-8,12,14-15,17-18,20-21H2/t23?,25-,26+,29?,30+,31+/m1/s1. The summed E-state index contributed by atoms with van der Waals surface area (Å²) in [4.78, 5) is 2.51. The average Bonchev–Trinajstić information content (AvgIpc) is 3.48. The van der Waals surface area contributed by atoms with Gasteiger partial charge >= 0.3 is 6.18 Å². The summed E-state index contributed by atoms with van der Waals surface area (Å²) in [5.41, 5.74) is 2.06. The smallest absolute Gasteiger partial charge is 0.381 e. The minimum Gasteiger partial charge on any atom is -0.381 e. The molecule has 0 radical (unpaired) electrons. The maximum absolute atomic E-state index is 13.7. The van der Waals surface area contributed by atoms with Crippen LogP contribution < -0.4 is 10.6 Å². The molecule has 1 aliphatic carbocycles. The molecule has 4 aliphatic rings. The summed E-state index contributed by atoms with van der Waals surface area (Å²) in [6.45, 7) is 3.89. The first-order chi connectivity index (χ1) is 19.0. The first kappa shape index (κ1) is 26.6. The fourth-order valence-corrected chi connectivity index (χ4v) is 6.88. The van der Waals surface area contributed by atoms with Gasteiger partial charge in [-0.1, -0.05) is 54.6 Å². The lowest BCUT2D eigenvalue weighted by molar-refractivity contribution is -0.138. The maximum atomic E-state index is 13.7. The predicted octanol–water partition coefficient (Wildman–Crippen LogP) is 6.89. The lowest BCUT2D eigenvalue weighted by atomic mass is 9.73. The lowest BCUT2D eigenvalue weighted by Gasteiger charge is -2.48. The minimum absolute atomic E-state index is 0.0565. The van der Waals surface area contributed by atoms with Gasteiger partial charge in [-0.25, -0.2) is 0 Å². The van der Waals surface area contributed by atoms with E-state index in [-0.39, 0.29) is 30.2 Å². The summed E-state index contributed by atoms with van der Waals surface area (Å²) in [5, 5.41) is 7.40. The largest absolute Gasteiger partial charge is 0.416 e. The number of allylic oxidation sites excluding steroid dienone is 3. The van der Waals surface area contributed by atoms with Crippen molar-refractivity contribution in [3.05, 3.63) is 89.5 Å². The summed E-state index contributed by atoms with van der Waals surface area (Å²) in [7, 11) is 0. The summed E-state index contributed by atoms with van der Waals surface area (Å²) >= 11 is 0. The number of halogens is 3. The zero-order chi connectivity index (χ0) is 26.8. The highest BCUT2D eigenvalue weighted by Crippen LogP contribution is 2.49. The number of rotatable bonds is 7. The van der Waals surface area contributed by atoms with E-state index in [9.17, 15) is 13.2 Å². The van der Waals surface area contributed by atoms with E-state index < -0.39 is 11.7 Å². The van der Waals surface area contributed by atoms with E-state index >= 15 is 0 Å². The van der Waals surface area contributed by atoms with Crippen LogP contribution in [0.5, 0.6) is 0 Å². The first-order valence-electron chi connectivity index (χ1n) is 14.4. The zero-order valence-electron chi connectivity index (χ0n) is 22.2. The Kier molecular flexibility index (Phi) is 7.83. The number of anilines is 1. The van der Waals surface area contributed by atoms with Crippen molar-refractivity contribution in [2.75, 3.05) is 31.5 Å². The number of hydrogen-bond acceptors (Lipinski definition) is 4. The number of nitrogens with zero attached hydrogens (tertiary/aromatic N) is 1. The first-order valence-corrected chi connectivity index (χ1v) is 14.4. The Hall–Kier alpha value is -2.61. The van der Waals surface area contributed by atoms with Crippen LogP contribution in [0.3, 0.4) is 0 Å². The molecule has 208 valence electrons. The number of ether oxygens (including phenoxy) is 1. The molecule has 2 saturated heterocycles. The van der Waals surface area contributed by atoms with E-state index in [1.165, 1.54) is 30.5 Å². The summed E-state index contributed by atoms with van der Waals surface area (Å²) in [5.74, 6) is 0.409. The molecular weight excluding hydrogens is 499 g/mol. The van der Waals surface area contributed by atoms with Crippen LogP contribution >= 0.6 is 0 Å². The average molecular weight is 538 g/mol. The van der Waals surface area contributed by atoms with E-state index in [1.807, 2.05) is 6.07 Å². The number of benzene rings is 2. The Balaban J connectivity index is 1.22. The second kappa shape index (κ2) is 11.5. The second-order valence-corrected chi connectivity index (χ2v) is 11.5. The van der Waals surface area contributed by atoms with Crippen LogP contribution in [0.4, 0.5) is 18.9 Å². The molecule has 2 aromatic rings. The third kappa shape index (κ3) is 5.96. The van der Waals surface area contributed by atoms with Crippen molar-refractivity contribution in [2.24, 2.45) is 11.8 Å². The SMILES string of the molecule is FC(F)(F)c1ccc2c(c1)[C@H]1O[C@@H](CNC(CN3CCCC3)c3ccccc3)CC[C@H]1[C@H](C1C=CC=CC1)N2. The minimum atomic E-state index is -4.38. The molecule has 6 atom stereocenters. The van der Waals surface area contributed by atoms with Gasteiger partial charge in [0.15, 0.2) is 0 Å². The third-order valence-corrected chi connectivity index (χ3v) is 8.93. The summed E-state index contributed by atoms with van der Waals surface area (Å²) in [6.07, 6.45) is 8.95. The molecule has 3 heterocycles. The van der Waals surface area contributed by atoms with Gasteiger partial charge in [0, 0.05) is 48.3 Å². The fraction of sp³-hybridized carbons (Fsp3) is 0.500. The quantitative estimate of drug-likeness (QED) is 0.403. The molecule has 2 N–H and O–H groups in total. The summed E-state index contributed by atoms with van der Waals surface area (Å²) < 4.78 is 47.8. The van der Waals surface area contributed by atoms with Gasteiger partial charge in [0.25, 0.3) is 0 Å². The summed E-state index contributed by atoms with van der Waals surface area (Å²) in [6, 6.07) is 14.9. The highest BCUT2D eigenvalue weighted by Gasteiger charge is 2.45. The molecule has 2 fully saturated rings. The van der Waals surface area contributed by atoms with Gasteiger partial charge < -0.3 is 20.3 Å². The predicted molar refractivity (Wildman–Crippen MR) is 148 cm³/mol. The molecule has 2 unspecified atom stereocenters. The molecule has 7 heteroatoms. The maximum Gasteiger partial charge on any atom is 0.416 e. The third-order valence-electron chi connectivity index (χ3n) is 8.93. The van der Waals surface area contributed by atoms with Crippen LogP contribution in [0.1, 0.15) is 60.9 Å². The van der Waals surface area contributed by atoms with Crippen LogP contribution in [-0.2, 0) is 10.9 Å². The van der Waals surface area contributed by atoms with Crippen molar-refractivity contribution in [3.63, 3.8) is 0 Å². The van der Waals surface area contributed by atoms with Gasteiger partial charge in [0.05, 0.1) is 17.8 Å². The number of hydrogen-bond donors (Lipinski definition) is 2. The van der Waals surface area contributed by atoms with Gasteiger partial charge in [-0.2, -0.15) is 13.2 Å². The topological polar surface area (TPSA) is 36.5 Å². The van der Waals surface area contributed by atoms with Crippen molar-refractivity contribution in [1.29, 1.82) is 0 Å². The highest BCUT2D eigenvalue weighted by molar-refractivity contribution is 5.58. The lowest BCUT2D eigenvalue weighted by Crippen LogP contribution is -2.48. The van der Waals surface area contributed by atoms with Crippen molar-refractivity contribution in [2.45, 2.75) is 62.6 Å². The van der Waals surface area contributed by atoms with E-state index in [0.717, 1.165) is 44.6 Å². The molecule has 0 bridgehead atoms.